The van der Waals surface area contributed by atoms with Crippen molar-refractivity contribution >= 4 is 5.91 Å². The van der Waals surface area contributed by atoms with Gasteiger partial charge < -0.3 is 10.6 Å². The number of alkyl halides is 3. The number of halogens is 5. The van der Waals surface area contributed by atoms with Gasteiger partial charge in [0.2, 0.25) is 5.91 Å². The molecule has 0 saturated carbocycles. The van der Waals surface area contributed by atoms with Crippen LogP contribution in [0.2, 0.25) is 0 Å². The summed E-state index contributed by atoms with van der Waals surface area (Å²) < 4.78 is 66.0. The zero-order valence-electron chi connectivity index (χ0n) is 14.0. The zero-order valence-corrected chi connectivity index (χ0v) is 14.0. The summed E-state index contributed by atoms with van der Waals surface area (Å²) in [4.78, 5) is 17.1. The van der Waals surface area contributed by atoms with Crippen LogP contribution in [0.1, 0.15) is 23.6 Å². The maximum absolute atomic E-state index is 13.7. The van der Waals surface area contributed by atoms with Crippen molar-refractivity contribution in [2.24, 2.45) is 5.73 Å². The van der Waals surface area contributed by atoms with E-state index in [1.807, 2.05) is 0 Å². The molecule has 1 amide bonds. The van der Waals surface area contributed by atoms with Crippen molar-refractivity contribution in [2.45, 2.75) is 38.1 Å². The third-order valence-corrected chi connectivity index (χ3v) is 4.20. The lowest BCUT2D eigenvalue weighted by atomic mass is 10.0. The van der Waals surface area contributed by atoms with E-state index in [4.69, 9.17) is 5.73 Å². The summed E-state index contributed by atoms with van der Waals surface area (Å²) >= 11 is 0. The molecular formula is C16H16F5N5O. The first-order valence-corrected chi connectivity index (χ1v) is 8.11. The molecule has 0 radical (unpaired) electrons. The Hall–Kier alpha value is -2.56. The van der Waals surface area contributed by atoms with E-state index >= 15 is 0 Å². The summed E-state index contributed by atoms with van der Waals surface area (Å²) in [6.45, 7) is 0.119. The minimum Gasteiger partial charge on any atom is -0.333 e. The molecule has 27 heavy (non-hydrogen) atoms. The highest BCUT2D eigenvalue weighted by Crippen LogP contribution is 2.27. The summed E-state index contributed by atoms with van der Waals surface area (Å²) in [7, 11) is 0. The van der Waals surface area contributed by atoms with Crippen LogP contribution in [-0.4, -0.2) is 38.2 Å². The van der Waals surface area contributed by atoms with Crippen molar-refractivity contribution < 1.29 is 26.7 Å². The lowest BCUT2D eigenvalue weighted by molar-refractivity contribution is -0.145. The molecule has 1 aromatic carbocycles. The Morgan fingerprint density at radius 1 is 1.26 bits per heavy atom. The average molecular weight is 389 g/mol. The lowest BCUT2D eigenvalue weighted by Gasteiger charge is -2.27. The van der Waals surface area contributed by atoms with Gasteiger partial charge in [0.1, 0.15) is 17.5 Å². The van der Waals surface area contributed by atoms with Gasteiger partial charge in [0.15, 0.2) is 0 Å². The van der Waals surface area contributed by atoms with E-state index in [-0.39, 0.29) is 43.9 Å². The number of fused-ring (bicyclic) bond motifs is 1. The maximum Gasteiger partial charge on any atom is 0.453 e. The molecule has 0 saturated heterocycles. The lowest BCUT2D eigenvalue weighted by Crippen LogP contribution is -2.41. The second kappa shape index (κ2) is 7.22. The van der Waals surface area contributed by atoms with Crippen molar-refractivity contribution in [3.63, 3.8) is 0 Å². The van der Waals surface area contributed by atoms with Gasteiger partial charge in [0.25, 0.3) is 5.82 Å². The number of amides is 1. The Kier molecular flexibility index (Phi) is 5.13. The standard InChI is InChI=1S/C16H16F5N5O/c17-10-1-2-12(18)9(5-10)6-11(22)7-14(27)25-3-4-26-13(8-25)23-15(24-26)16(19,20)21/h1-2,5,11H,3-4,6-8,22H2/t11-/m1/s1. The Morgan fingerprint density at radius 3 is 2.70 bits per heavy atom. The molecular weight excluding hydrogens is 373 g/mol. The summed E-state index contributed by atoms with van der Waals surface area (Å²) in [6, 6.07) is 2.21. The first kappa shape index (κ1) is 19.2. The normalized spacial score (nSPS) is 15.6. The average Bonchev–Trinajstić information content (AvgIpc) is 3.01. The molecule has 3 rings (SSSR count). The topological polar surface area (TPSA) is 77.0 Å². The SMILES string of the molecule is N[C@@H](CC(=O)N1CCn2nc(C(F)(F)F)nc2C1)Cc1cc(F)ccc1F. The van der Waals surface area contributed by atoms with Crippen molar-refractivity contribution in [3.05, 3.63) is 47.0 Å². The molecule has 146 valence electrons. The van der Waals surface area contributed by atoms with Crippen molar-refractivity contribution in [2.75, 3.05) is 6.54 Å². The predicted molar refractivity (Wildman–Crippen MR) is 83.1 cm³/mol. The van der Waals surface area contributed by atoms with E-state index in [0.717, 1.165) is 22.9 Å². The quantitative estimate of drug-likeness (QED) is 0.811. The number of aromatic nitrogens is 3. The number of carbonyl (C=O) groups is 1. The highest BCUT2D eigenvalue weighted by Gasteiger charge is 2.38. The Balaban J connectivity index is 1.61. The van der Waals surface area contributed by atoms with E-state index in [1.165, 1.54) is 4.90 Å². The zero-order chi connectivity index (χ0) is 19.8. The third kappa shape index (κ3) is 4.41. The van der Waals surface area contributed by atoms with Crippen LogP contribution in [0.5, 0.6) is 0 Å². The fraction of sp³-hybridized carbons (Fsp3) is 0.438. The van der Waals surface area contributed by atoms with Crippen LogP contribution < -0.4 is 5.73 Å². The number of hydrogen-bond donors (Lipinski definition) is 1. The van der Waals surface area contributed by atoms with E-state index in [9.17, 15) is 26.7 Å². The van der Waals surface area contributed by atoms with Crippen molar-refractivity contribution in [1.29, 1.82) is 0 Å². The van der Waals surface area contributed by atoms with E-state index in [1.54, 1.807) is 0 Å². The number of hydrogen-bond acceptors (Lipinski definition) is 4. The van der Waals surface area contributed by atoms with Gasteiger partial charge in [-0.25, -0.2) is 18.4 Å². The van der Waals surface area contributed by atoms with E-state index in [2.05, 4.69) is 10.1 Å². The van der Waals surface area contributed by atoms with Crippen LogP contribution >= 0.6 is 0 Å². The summed E-state index contributed by atoms with van der Waals surface area (Å²) in [5, 5.41) is 3.39. The van der Waals surface area contributed by atoms with Crippen LogP contribution in [0.3, 0.4) is 0 Å². The van der Waals surface area contributed by atoms with E-state index < -0.39 is 35.6 Å². The molecule has 2 N–H and O–H groups in total. The second-order valence-corrected chi connectivity index (χ2v) is 6.29. The van der Waals surface area contributed by atoms with Gasteiger partial charge in [-0.15, -0.1) is 5.10 Å². The number of benzene rings is 1. The molecule has 6 nitrogen and oxygen atoms in total. The van der Waals surface area contributed by atoms with Gasteiger partial charge >= 0.3 is 6.18 Å². The first-order chi connectivity index (χ1) is 12.6. The molecule has 2 aromatic rings. The number of carbonyl (C=O) groups excluding carboxylic acids is 1. The van der Waals surface area contributed by atoms with Gasteiger partial charge in [0, 0.05) is 19.0 Å². The fourth-order valence-electron chi connectivity index (χ4n) is 2.88. The molecule has 0 bridgehead atoms. The molecule has 1 aromatic heterocycles. The van der Waals surface area contributed by atoms with Gasteiger partial charge in [-0.1, -0.05) is 0 Å². The molecule has 1 aliphatic rings. The Morgan fingerprint density at radius 2 is 2.00 bits per heavy atom. The molecule has 0 fully saturated rings. The smallest absolute Gasteiger partial charge is 0.333 e. The van der Waals surface area contributed by atoms with Crippen LogP contribution in [0.25, 0.3) is 0 Å². The van der Waals surface area contributed by atoms with Crippen LogP contribution in [0, 0.1) is 11.6 Å². The predicted octanol–water partition coefficient (Wildman–Crippen LogP) is 1.88. The van der Waals surface area contributed by atoms with Gasteiger partial charge in [0.05, 0.1) is 13.1 Å². The largest absolute Gasteiger partial charge is 0.453 e. The maximum atomic E-state index is 13.7. The van der Waals surface area contributed by atoms with Gasteiger partial charge in [-0.2, -0.15) is 13.2 Å². The molecule has 2 heterocycles. The molecule has 0 spiro atoms. The fourth-order valence-corrected chi connectivity index (χ4v) is 2.88. The summed E-state index contributed by atoms with van der Waals surface area (Å²) in [5.74, 6) is -2.84. The number of nitrogens with zero attached hydrogens (tertiary/aromatic N) is 4. The van der Waals surface area contributed by atoms with Crippen LogP contribution in [-0.2, 0) is 30.5 Å². The minimum atomic E-state index is -4.66. The van der Waals surface area contributed by atoms with Gasteiger partial charge in [-0.05, 0) is 30.2 Å². The molecule has 11 heteroatoms. The number of rotatable bonds is 4. The monoisotopic (exact) mass is 389 g/mol. The van der Waals surface area contributed by atoms with Crippen molar-refractivity contribution in [3.8, 4) is 0 Å². The summed E-state index contributed by atoms with van der Waals surface area (Å²) in [5.41, 5.74) is 5.93. The molecule has 1 aliphatic heterocycles. The third-order valence-electron chi connectivity index (χ3n) is 4.20. The highest BCUT2D eigenvalue weighted by molar-refractivity contribution is 5.76. The minimum absolute atomic E-state index is 0.0340. The van der Waals surface area contributed by atoms with Crippen LogP contribution in [0.4, 0.5) is 22.0 Å². The number of nitrogens with two attached hydrogens (primary N) is 1. The van der Waals surface area contributed by atoms with Gasteiger partial charge in [-0.3, -0.25) is 4.79 Å². The second-order valence-electron chi connectivity index (χ2n) is 6.29. The Bertz CT molecular complexity index is 850. The highest BCUT2D eigenvalue weighted by atomic mass is 19.4. The van der Waals surface area contributed by atoms with Crippen molar-refractivity contribution in [1.82, 2.24) is 19.7 Å². The molecule has 0 unspecified atom stereocenters. The molecule has 1 atom stereocenters. The van der Waals surface area contributed by atoms with Crippen LogP contribution in [0.15, 0.2) is 18.2 Å². The summed E-state index contributed by atoms with van der Waals surface area (Å²) in [6.07, 6.45) is -4.86. The molecule has 0 aliphatic carbocycles. The first-order valence-electron chi connectivity index (χ1n) is 8.11. The van der Waals surface area contributed by atoms with E-state index in [0.29, 0.717) is 0 Å². The Labute approximate surface area is 150 Å².